The molecule has 3 rings (SSSR count). The second kappa shape index (κ2) is 6.42. The Bertz CT molecular complexity index is 493. The van der Waals surface area contributed by atoms with E-state index in [0.29, 0.717) is 11.1 Å². The van der Waals surface area contributed by atoms with Gasteiger partial charge in [0.05, 0.1) is 11.1 Å². The molecule has 1 fully saturated rings. The van der Waals surface area contributed by atoms with Crippen molar-refractivity contribution in [2.24, 2.45) is 0 Å². The molecule has 0 N–H and O–H groups in total. The first-order valence-electron chi connectivity index (χ1n) is 8.26. The minimum Gasteiger partial charge on any atom is -0.271 e. The Morgan fingerprint density at radius 2 is 1.14 bits per heavy atom. The summed E-state index contributed by atoms with van der Waals surface area (Å²) in [6.07, 6.45) is 10.5. The molecular formula is C18H23NO2. The normalized spacial score (nSPS) is 21.4. The van der Waals surface area contributed by atoms with Crippen LogP contribution in [0.5, 0.6) is 0 Å². The van der Waals surface area contributed by atoms with Gasteiger partial charge in [0.25, 0.3) is 11.8 Å². The first kappa shape index (κ1) is 14.3. The third kappa shape index (κ3) is 2.87. The van der Waals surface area contributed by atoms with Gasteiger partial charge < -0.3 is 0 Å². The lowest BCUT2D eigenvalue weighted by Crippen LogP contribution is -2.40. The standard InChI is InChI=1S/C18H23NO2/c20-17-15-12-8-9-13-16(15)18(21)19(17)14-10-6-4-2-1-3-5-7-11-14/h8-9,12-14H,1-7,10-11H2. The predicted octanol–water partition coefficient (Wildman–Crippen LogP) is 4.18. The van der Waals surface area contributed by atoms with Crippen LogP contribution in [0.2, 0.25) is 0 Å². The molecule has 21 heavy (non-hydrogen) atoms. The number of rotatable bonds is 1. The van der Waals surface area contributed by atoms with Crippen LogP contribution in [0.15, 0.2) is 24.3 Å². The highest BCUT2D eigenvalue weighted by atomic mass is 16.2. The van der Waals surface area contributed by atoms with Crippen molar-refractivity contribution in [2.45, 2.75) is 63.8 Å². The van der Waals surface area contributed by atoms with Gasteiger partial charge in [-0.05, 0) is 25.0 Å². The minimum absolute atomic E-state index is 0.0855. The zero-order chi connectivity index (χ0) is 14.7. The molecule has 0 bridgehead atoms. The quantitative estimate of drug-likeness (QED) is 0.726. The van der Waals surface area contributed by atoms with Gasteiger partial charge in [-0.3, -0.25) is 14.5 Å². The molecule has 1 saturated carbocycles. The van der Waals surface area contributed by atoms with Crippen molar-refractivity contribution in [3.05, 3.63) is 35.4 Å². The lowest BCUT2D eigenvalue weighted by Gasteiger charge is -2.27. The average molecular weight is 285 g/mol. The maximum absolute atomic E-state index is 12.6. The van der Waals surface area contributed by atoms with Gasteiger partial charge in [0.1, 0.15) is 0 Å². The summed E-state index contributed by atoms with van der Waals surface area (Å²) in [4.78, 5) is 26.7. The highest BCUT2D eigenvalue weighted by Gasteiger charge is 2.39. The second-order valence-corrected chi connectivity index (χ2v) is 6.23. The van der Waals surface area contributed by atoms with Gasteiger partial charge in [-0.1, -0.05) is 57.1 Å². The van der Waals surface area contributed by atoms with E-state index in [-0.39, 0.29) is 17.9 Å². The summed E-state index contributed by atoms with van der Waals surface area (Å²) in [5, 5.41) is 0. The number of nitrogens with zero attached hydrogens (tertiary/aromatic N) is 1. The number of amides is 2. The molecule has 3 nitrogen and oxygen atoms in total. The second-order valence-electron chi connectivity index (χ2n) is 6.23. The van der Waals surface area contributed by atoms with Crippen molar-refractivity contribution in [1.82, 2.24) is 4.90 Å². The van der Waals surface area contributed by atoms with Gasteiger partial charge in [0.15, 0.2) is 0 Å². The van der Waals surface area contributed by atoms with Crippen molar-refractivity contribution in [3.8, 4) is 0 Å². The monoisotopic (exact) mass is 285 g/mol. The van der Waals surface area contributed by atoms with E-state index in [4.69, 9.17) is 0 Å². The Hall–Kier alpha value is -1.64. The van der Waals surface area contributed by atoms with Crippen LogP contribution in [0.3, 0.4) is 0 Å². The first-order chi connectivity index (χ1) is 10.3. The lowest BCUT2D eigenvalue weighted by molar-refractivity contribution is 0.0562. The molecule has 0 spiro atoms. The summed E-state index contributed by atoms with van der Waals surface area (Å²) in [6, 6.07) is 7.31. The van der Waals surface area contributed by atoms with E-state index in [0.717, 1.165) is 25.7 Å². The highest BCUT2D eigenvalue weighted by molar-refractivity contribution is 6.21. The number of benzene rings is 1. The molecule has 0 radical (unpaired) electrons. The maximum Gasteiger partial charge on any atom is 0.261 e. The molecule has 1 aliphatic carbocycles. The van der Waals surface area contributed by atoms with Crippen LogP contribution in [-0.2, 0) is 0 Å². The summed E-state index contributed by atoms with van der Waals surface area (Å²) in [5.74, 6) is -0.171. The zero-order valence-corrected chi connectivity index (χ0v) is 12.5. The third-order valence-electron chi connectivity index (χ3n) is 4.77. The largest absolute Gasteiger partial charge is 0.271 e. The van der Waals surface area contributed by atoms with Gasteiger partial charge in [0.2, 0.25) is 0 Å². The van der Waals surface area contributed by atoms with Crippen molar-refractivity contribution in [3.63, 3.8) is 0 Å². The van der Waals surface area contributed by atoms with Crippen molar-refractivity contribution in [1.29, 1.82) is 0 Å². The fourth-order valence-corrected chi connectivity index (χ4v) is 3.59. The topological polar surface area (TPSA) is 37.4 Å². The Kier molecular flexibility index (Phi) is 4.37. The molecule has 1 aromatic carbocycles. The van der Waals surface area contributed by atoms with Crippen LogP contribution in [0, 0.1) is 0 Å². The predicted molar refractivity (Wildman–Crippen MR) is 82.3 cm³/mol. The molecular weight excluding hydrogens is 262 g/mol. The van der Waals surface area contributed by atoms with Crippen molar-refractivity contribution >= 4 is 11.8 Å². The van der Waals surface area contributed by atoms with E-state index in [2.05, 4.69) is 0 Å². The summed E-state index contributed by atoms with van der Waals surface area (Å²) in [7, 11) is 0. The number of hydrogen-bond donors (Lipinski definition) is 0. The van der Waals surface area contributed by atoms with Gasteiger partial charge in [0, 0.05) is 6.04 Å². The zero-order valence-electron chi connectivity index (χ0n) is 12.5. The molecule has 2 aliphatic rings. The summed E-state index contributed by atoms with van der Waals surface area (Å²) < 4.78 is 0. The number of hydrogen-bond acceptors (Lipinski definition) is 2. The van der Waals surface area contributed by atoms with E-state index in [1.807, 2.05) is 12.1 Å². The summed E-state index contributed by atoms with van der Waals surface area (Å²) in [5.41, 5.74) is 1.17. The molecule has 0 atom stereocenters. The lowest BCUT2D eigenvalue weighted by atomic mass is 9.96. The Labute approximate surface area is 126 Å². The van der Waals surface area contributed by atoms with Crippen LogP contribution in [-0.4, -0.2) is 22.8 Å². The minimum atomic E-state index is -0.0855. The van der Waals surface area contributed by atoms with Crippen LogP contribution >= 0.6 is 0 Å². The molecule has 0 unspecified atom stereocenters. The summed E-state index contributed by atoms with van der Waals surface area (Å²) in [6.45, 7) is 0. The molecule has 1 aromatic rings. The van der Waals surface area contributed by atoms with E-state index < -0.39 is 0 Å². The Balaban J connectivity index is 1.79. The molecule has 0 saturated heterocycles. The smallest absolute Gasteiger partial charge is 0.261 e. The number of imide groups is 1. The molecule has 1 aliphatic heterocycles. The van der Waals surface area contributed by atoms with Crippen LogP contribution in [0.1, 0.15) is 78.5 Å². The highest BCUT2D eigenvalue weighted by Crippen LogP contribution is 2.29. The third-order valence-corrected chi connectivity index (χ3v) is 4.77. The van der Waals surface area contributed by atoms with E-state index in [1.165, 1.54) is 32.1 Å². The van der Waals surface area contributed by atoms with Gasteiger partial charge in [-0.25, -0.2) is 0 Å². The molecule has 3 heteroatoms. The first-order valence-corrected chi connectivity index (χ1v) is 8.26. The van der Waals surface area contributed by atoms with Crippen LogP contribution in [0.4, 0.5) is 0 Å². The van der Waals surface area contributed by atoms with E-state index >= 15 is 0 Å². The Morgan fingerprint density at radius 1 is 0.714 bits per heavy atom. The number of fused-ring (bicyclic) bond motifs is 1. The van der Waals surface area contributed by atoms with Crippen LogP contribution < -0.4 is 0 Å². The van der Waals surface area contributed by atoms with Crippen LogP contribution in [0.25, 0.3) is 0 Å². The van der Waals surface area contributed by atoms with Crippen molar-refractivity contribution in [2.75, 3.05) is 0 Å². The van der Waals surface area contributed by atoms with Crippen molar-refractivity contribution < 1.29 is 9.59 Å². The summed E-state index contributed by atoms with van der Waals surface area (Å²) >= 11 is 0. The van der Waals surface area contributed by atoms with Gasteiger partial charge in [-0.15, -0.1) is 0 Å². The molecule has 112 valence electrons. The molecule has 0 aromatic heterocycles. The SMILES string of the molecule is O=C1c2ccccc2C(=O)N1C1CCCCCCCCC1. The van der Waals surface area contributed by atoms with Gasteiger partial charge in [-0.2, -0.15) is 0 Å². The van der Waals surface area contributed by atoms with E-state index in [1.54, 1.807) is 17.0 Å². The number of carbonyl (C=O) groups is 2. The molecule has 2 amide bonds. The molecule has 1 heterocycles. The fourth-order valence-electron chi connectivity index (χ4n) is 3.59. The maximum atomic E-state index is 12.6. The number of carbonyl (C=O) groups excluding carboxylic acids is 2. The Morgan fingerprint density at radius 3 is 1.62 bits per heavy atom. The van der Waals surface area contributed by atoms with E-state index in [9.17, 15) is 9.59 Å². The fraction of sp³-hybridized carbons (Fsp3) is 0.556. The van der Waals surface area contributed by atoms with Gasteiger partial charge >= 0.3 is 0 Å². The average Bonchev–Trinajstić information content (AvgIpc) is 2.77.